The molecular weight excluding hydrogens is 266 g/mol. The number of nitrogen functional groups attached to an aromatic ring is 1. The molecule has 1 unspecified atom stereocenters. The first-order valence-corrected chi connectivity index (χ1v) is 8.00. The van der Waals surface area contributed by atoms with E-state index in [1.807, 2.05) is 13.8 Å². The summed E-state index contributed by atoms with van der Waals surface area (Å²) in [7, 11) is -2.96. The molecule has 0 saturated carbocycles. The lowest BCUT2D eigenvalue weighted by Gasteiger charge is -2.26. The predicted octanol–water partition coefficient (Wildman–Crippen LogP) is 0.314. The highest BCUT2D eigenvalue weighted by Gasteiger charge is 2.39. The number of nitrogens with one attached hydrogen (secondary N) is 2. The van der Waals surface area contributed by atoms with Crippen molar-refractivity contribution in [3.05, 3.63) is 11.9 Å². The monoisotopic (exact) mass is 285 g/mol. The topological polar surface area (TPSA) is 110 Å². The summed E-state index contributed by atoms with van der Waals surface area (Å²) in [6, 6.07) is 0. The van der Waals surface area contributed by atoms with Crippen LogP contribution in [0.3, 0.4) is 0 Å². The minimum Gasteiger partial charge on any atom is -0.363 e. The Morgan fingerprint density at radius 3 is 2.63 bits per heavy atom. The largest absolute Gasteiger partial charge is 0.363 e. The summed E-state index contributed by atoms with van der Waals surface area (Å²) in [6.45, 7) is 3.87. The molecule has 4 N–H and O–H groups in total. The van der Waals surface area contributed by atoms with Crippen LogP contribution < -0.4 is 16.6 Å². The van der Waals surface area contributed by atoms with E-state index in [0.29, 0.717) is 24.5 Å². The number of anilines is 2. The fourth-order valence-corrected chi connectivity index (χ4v) is 4.47. The smallest absolute Gasteiger partial charge is 0.152 e. The molecule has 0 aliphatic carbocycles. The van der Waals surface area contributed by atoms with Gasteiger partial charge in [0, 0.05) is 5.56 Å². The first-order chi connectivity index (χ1) is 8.89. The Morgan fingerprint density at radius 2 is 2.11 bits per heavy atom. The van der Waals surface area contributed by atoms with Crippen molar-refractivity contribution in [3.8, 4) is 0 Å². The average molecular weight is 285 g/mol. The molecule has 2 rings (SSSR count). The zero-order valence-electron chi connectivity index (χ0n) is 11.1. The van der Waals surface area contributed by atoms with E-state index in [2.05, 4.69) is 20.7 Å². The van der Waals surface area contributed by atoms with Gasteiger partial charge in [-0.15, -0.1) is 0 Å². The minimum absolute atomic E-state index is 0.124. The second-order valence-electron chi connectivity index (χ2n) is 5.08. The van der Waals surface area contributed by atoms with Crippen LogP contribution in [0, 0.1) is 0 Å². The zero-order chi connectivity index (χ0) is 14.1. The standard InChI is InChI=1S/C11H19N5O2S/c1-3-8-9(13-7-14-10(8)16-12)15-11(2)4-5-19(17,18)6-11/h7H,3-6,12H2,1-2H3,(H2,13,14,15,16). The van der Waals surface area contributed by atoms with Gasteiger partial charge in [0.15, 0.2) is 9.84 Å². The number of hydrazine groups is 1. The maximum atomic E-state index is 11.6. The minimum atomic E-state index is -2.96. The van der Waals surface area contributed by atoms with Crippen LogP contribution in [0.5, 0.6) is 0 Å². The normalized spacial score (nSPS) is 25.2. The second-order valence-corrected chi connectivity index (χ2v) is 7.26. The first kappa shape index (κ1) is 14.0. The Morgan fingerprint density at radius 1 is 1.42 bits per heavy atom. The number of hydrogen-bond donors (Lipinski definition) is 3. The summed E-state index contributed by atoms with van der Waals surface area (Å²) >= 11 is 0. The van der Waals surface area contributed by atoms with Gasteiger partial charge in [0.1, 0.15) is 18.0 Å². The van der Waals surface area contributed by atoms with Crippen LogP contribution in [-0.2, 0) is 16.3 Å². The number of rotatable bonds is 4. The van der Waals surface area contributed by atoms with Crippen molar-refractivity contribution in [2.75, 3.05) is 22.2 Å². The van der Waals surface area contributed by atoms with Crippen LogP contribution in [0.4, 0.5) is 11.6 Å². The fraction of sp³-hybridized carbons (Fsp3) is 0.636. The molecule has 1 saturated heterocycles. The Hall–Kier alpha value is -1.41. The van der Waals surface area contributed by atoms with Gasteiger partial charge in [-0.1, -0.05) is 6.92 Å². The van der Waals surface area contributed by atoms with Gasteiger partial charge in [-0.25, -0.2) is 24.2 Å². The SMILES string of the molecule is CCc1c(NN)ncnc1NC1(C)CCS(=O)(=O)C1. The summed E-state index contributed by atoms with van der Waals surface area (Å²) in [6.07, 6.45) is 2.68. The molecule has 8 heteroatoms. The summed E-state index contributed by atoms with van der Waals surface area (Å²) in [4.78, 5) is 8.25. The molecule has 19 heavy (non-hydrogen) atoms. The lowest BCUT2D eigenvalue weighted by molar-refractivity contribution is 0.571. The van der Waals surface area contributed by atoms with Crippen molar-refractivity contribution >= 4 is 21.5 Å². The van der Waals surface area contributed by atoms with Gasteiger partial charge < -0.3 is 10.7 Å². The molecule has 1 fully saturated rings. The van der Waals surface area contributed by atoms with E-state index in [1.54, 1.807) is 0 Å². The third-order valence-electron chi connectivity index (χ3n) is 3.36. The first-order valence-electron chi connectivity index (χ1n) is 6.18. The number of aromatic nitrogens is 2. The molecule has 1 aromatic heterocycles. The van der Waals surface area contributed by atoms with Crippen molar-refractivity contribution in [2.24, 2.45) is 5.84 Å². The molecule has 1 aliphatic rings. The van der Waals surface area contributed by atoms with Crippen LogP contribution in [-0.4, -0.2) is 35.4 Å². The molecule has 1 atom stereocenters. The van der Waals surface area contributed by atoms with Gasteiger partial charge in [0.25, 0.3) is 0 Å². The molecule has 1 aromatic rings. The Balaban J connectivity index is 2.29. The molecule has 0 radical (unpaired) electrons. The maximum absolute atomic E-state index is 11.6. The van der Waals surface area contributed by atoms with Crippen LogP contribution in [0.1, 0.15) is 25.8 Å². The highest BCUT2D eigenvalue weighted by molar-refractivity contribution is 7.91. The highest BCUT2D eigenvalue weighted by atomic mass is 32.2. The van der Waals surface area contributed by atoms with Gasteiger partial charge in [-0.2, -0.15) is 0 Å². The highest BCUT2D eigenvalue weighted by Crippen LogP contribution is 2.29. The molecule has 7 nitrogen and oxygen atoms in total. The summed E-state index contributed by atoms with van der Waals surface area (Å²) < 4.78 is 23.2. The van der Waals surface area contributed by atoms with E-state index in [-0.39, 0.29) is 11.5 Å². The molecule has 0 aromatic carbocycles. The van der Waals surface area contributed by atoms with Crippen molar-refractivity contribution < 1.29 is 8.42 Å². The fourth-order valence-electron chi connectivity index (χ4n) is 2.37. The van der Waals surface area contributed by atoms with Crippen molar-refractivity contribution in [2.45, 2.75) is 32.2 Å². The molecular formula is C11H19N5O2S. The van der Waals surface area contributed by atoms with E-state index in [9.17, 15) is 8.42 Å². The number of nitrogens with zero attached hydrogens (tertiary/aromatic N) is 2. The van der Waals surface area contributed by atoms with Gasteiger partial charge in [-0.05, 0) is 19.8 Å². The summed E-state index contributed by atoms with van der Waals surface area (Å²) in [5.41, 5.74) is 2.91. The number of hydrogen-bond acceptors (Lipinski definition) is 7. The van der Waals surface area contributed by atoms with Gasteiger partial charge in [0.05, 0.1) is 17.0 Å². The molecule has 0 amide bonds. The van der Waals surface area contributed by atoms with Crippen LogP contribution in [0.15, 0.2) is 6.33 Å². The third kappa shape index (κ3) is 2.95. The second kappa shape index (κ2) is 4.93. The zero-order valence-corrected chi connectivity index (χ0v) is 11.9. The van der Waals surface area contributed by atoms with Crippen molar-refractivity contribution in [1.29, 1.82) is 0 Å². The quantitative estimate of drug-likeness (QED) is 0.539. The van der Waals surface area contributed by atoms with Gasteiger partial charge in [-0.3, -0.25) is 0 Å². The van der Waals surface area contributed by atoms with Crippen molar-refractivity contribution in [1.82, 2.24) is 9.97 Å². The summed E-state index contributed by atoms with van der Waals surface area (Å²) in [5.74, 6) is 6.96. The molecule has 106 valence electrons. The molecule has 2 heterocycles. The van der Waals surface area contributed by atoms with E-state index in [0.717, 1.165) is 5.56 Å². The van der Waals surface area contributed by atoms with Gasteiger partial charge in [0.2, 0.25) is 0 Å². The molecule has 1 aliphatic heterocycles. The third-order valence-corrected chi connectivity index (χ3v) is 5.26. The van der Waals surface area contributed by atoms with Crippen LogP contribution >= 0.6 is 0 Å². The average Bonchev–Trinajstić information content (AvgIpc) is 2.63. The Kier molecular flexibility index (Phi) is 3.64. The Labute approximate surface area is 112 Å². The van der Waals surface area contributed by atoms with E-state index in [1.165, 1.54) is 6.33 Å². The number of nitrogens with two attached hydrogens (primary N) is 1. The van der Waals surface area contributed by atoms with E-state index in [4.69, 9.17) is 5.84 Å². The van der Waals surface area contributed by atoms with Gasteiger partial charge >= 0.3 is 0 Å². The lowest BCUT2D eigenvalue weighted by Crippen LogP contribution is -2.36. The lowest BCUT2D eigenvalue weighted by atomic mass is 10.0. The predicted molar refractivity (Wildman–Crippen MR) is 74.5 cm³/mol. The summed E-state index contributed by atoms with van der Waals surface area (Å²) in [5, 5.41) is 3.24. The Bertz CT molecular complexity index is 574. The van der Waals surface area contributed by atoms with E-state index >= 15 is 0 Å². The molecule has 0 bridgehead atoms. The van der Waals surface area contributed by atoms with E-state index < -0.39 is 15.4 Å². The maximum Gasteiger partial charge on any atom is 0.152 e. The number of sulfone groups is 1. The van der Waals surface area contributed by atoms with Crippen LogP contribution in [0.25, 0.3) is 0 Å². The van der Waals surface area contributed by atoms with Crippen LogP contribution in [0.2, 0.25) is 0 Å². The van der Waals surface area contributed by atoms with Crippen molar-refractivity contribution in [3.63, 3.8) is 0 Å². The molecule has 0 spiro atoms.